The van der Waals surface area contributed by atoms with E-state index in [9.17, 15) is 4.79 Å². The van der Waals surface area contributed by atoms with Crippen molar-refractivity contribution in [2.75, 3.05) is 0 Å². The van der Waals surface area contributed by atoms with E-state index < -0.39 is 0 Å². The third-order valence-electron chi connectivity index (χ3n) is 2.75. The maximum absolute atomic E-state index is 11.7. The molecule has 0 spiro atoms. The fraction of sp³-hybridized carbons (Fsp3) is 0.211. The number of allylic oxidation sites excluding steroid dienone is 1. The van der Waals surface area contributed by atoms with Crippen LogP contribution in [-0.2, 0) is 6.61 Å². The fourth-order valence-corrected chi connectivity index (χ4v) is 1.95. The SMILES string of the molecule is C=CC.CC(Br)C(=O)c1ccc(OCc2ccccc2)cc1. The van der Waals surface area contributed by atoms with Crippen LogP contribution in [0.2, 0.25) is 0 Å². The van der Waals surface area contributed by atoms with Gasteiger partial charge < -0.3 is 4.74 Å². The summed E-state index contributed by atoms with van der Waals surface area (Å²) < 4.78 is 5.66. The third kappa shape index (κ3) is 6.27. The fourth-order valence-electron chi connectivity index (χ4n) is 1.69. The Hall–Kier alpha value is -1.87. The molecule has 0 aromatic heterocycles. The van der Waals surface area contributed by atoms with Crippen molar-refractivity contribution >= 4 is 21.7 Å². The Kier molecular flexibility index (Phi) is 8.23. The second-order valence-corrected chi connectivity index (χ2v) is 6.06. The molecule has 0 aliphatic carbocycles. The van der Waals surface area contributed by atoms with Crippen molar-refractivity contribution in [3.05, 3.63) is 78.4 Å². The van der Waals surface area contributed by atoms with Crippen molar-refractivity contribution in [3.63, 3.8) is 0 Å². The molecule has 0 amide bonds. The molecular formula is C19H21BrO2. The van der Waals surface area contributed by atoms with Crippen LogP contribution in [-0.4, -0.2) is 10.6 Å². The topological polar surface area (TPSA) is 26.3 Å². The van der Waals surface area contributed by atoms with Crippen LogP contribution >= 0.6 is 15.9 Å². The summed E-state index contributed by atoms with van der Waals surface area (Å²) in [6.07, 6.45) is 1.75. The monoisotopic (exact) mass is 360 g/mol. The molecule has 0 saturated carbocycles. The normalized spacial score (nSPS) is 10.9. The van der Waals surface area contributed by atoms with Gasteiger partial charge in [0.15, 0.2) is 5.78 Å². The lowest BCUT2D eigenvalue weighted by Gasteiger charge is -2.07. The number of carbonyl (C=O) groups excluding carboxylic acids is 1. The zero-order valence-electron chi connectivity index (χ0n) is 13.0. The van der Waals surface area contributed by atoms with Crippen molar-refractivity contribution in [1.82, 2.24) is 0 Å². The zero-order chi connectivity index (χ0) is 16.4. The lowest BCUT2D eigenvalue weighted by Crippen LogP contribution is -2.09. The summed E-state index contributed by atoms with van der Waals surface area (Å²) >= 11 is 3.28. The molecule has 2 aromatic rings. The number of hydrogen-bond donors (Lipinski definition) is 0. The lowest BCUT2D eigenvalue weighted by molar-refractivity contribution is 0.0996. The Bertz CT molecular complexity index is 574. The summed E-state index contributed by atoms with van der Waals surface area (Å²) in [4.78, 5) is 11.6. The minimum absolute atomic E-state index is 0.0783. The molecule has 1 unspecified atom stereocenters. The van der Waals surface area contributed by atoms with E-state index in [1.54, 1.807) is 18.2 Å². The maximum atomic E-state index is 11.7. The number of alkyl halides is 1. The smallest absolute Gasteiger partial charge is 0.176 e. The number of rotatable bonds is 5. The summed E-state index contributed by atoms with van der Waals surface area (Å²) in [6, 6.07) is 17.2. The van der Waals surface area contributed by atoms with E-state index >= 15 is 0 Å². The predicted octanol–water partition coefficient (Wildman–Crippen LogP) is 5.42. The number of ether oxygens (including phenoxy) is 1. The van der Waals surface area contributed by atoms with Gasteiger partial charge in [-0.05, 0) is 43.7 Å². The summed E-state index contributed by atoms with van der Waals surface area (Å²) in [7, 11) is 0. The number of hydrogen-bond acceptors (Lipinski definition) is 2. The minimum atomic E-state index is -0.163. The van der Waals surface area contributed by atoms with Gasteiger partial charge >= 0.3 is 0 Å². The summed E-state index contributed by atoms with van der Waals surface area (Å²) in [5.41, 5.74) is 1.81. The minimum Gasteiger partial charge on any atom is -0.489 e. The number of halogens is 1. The van der Waals surface area contributed by atoms with E-state index in [4.69, 9.17) is 4.74 Å². The first-order valence-corrected chi connectivity index (χ1v) is 8.02. The molecule has 2 aromatic carbocycles. The molecule has 0 heterocycles. The Labute approximate surface area is 141 Å². The number of benzene rings is 2. The van der Waals surface area contributed by atoms with Crippen molar-refractivity contribution in [2.24, 2.45) is 0 Å². The largest absolute Gasteiger partial charge is 0.489 e. The molecule has 2 nitrogen and oxygen atoms in total. The molecule has 0 radical (unpaired) electrons. The third-order valence-corrected chi connectivity index (χ3v) is 3.16. The summed E-state index contributed by atoms with van der Waals surface area (Å²) in [5, 5.41) is 0. The quantitative estimate of drug-likeness (QED) is 0.404. The van der Waals surface area contributed by atoms with Gasteiger partial charge in [-0.25, -0.2) is 0 Å². The second-order valence-electron chi connectivity index (χ2n) is 4.69. The second kappa shape index (κ2) is 9.96. The molecule has 22 heavy (non-hydrogen) atoms. The van der Waals surface area contributed by atoms with Crippen molar-refractivity contribution < 1.29 is 9.53 Å². The molecule has 116 valence electrons. The highest BCUT2D eigenvalue weighted by molar-refractivity contribution is 9.10. The number of Topliss-reactive ketones (excluding diaryl/α,β-unsaturated/α-hetero) is 1. The molecule has 1 atom stereocenters. The van der Waals surface area contributed by atoms with E-state index in [0.29, 0.717) is 12.2 Å². The van der Waals surface area contributed by atoms with E-state index in [1.165, 1.54) is 0 Å². The highest BCUT2D eigenvalue weighted by Gasteiger charge is 2.11. The van der Waals surface area contributed by atoms with Gasteiger partial charge in [-0.3, -0.25) is 4.79 Å². The van der Waals surface area contributed by atoms with Gasteiger partial charge in [0.25, 0.3) is 0 Å². The molecule has 2 rings (SSSR count). The van der Waals surface area contributed by atoms with Crippen molar-refractivity contribution in [1.29, 1.82) is 0 Å². The first-order valence-electron chi connectivity index (χ1n) is 7.10. The summed E-state index contributed by atoms with van der Waals surface area (Å²) in [6.45, 7) is 7.60. The van der Waals surface area contributed by atoms with E-state index in [-0.39, 0.29) is 10.6 Å². The first-order chi connectivity index (χ1) is 10.6. The maximum Gasteiger partial charge on any atom is 0.176 e. The first kappa shape index (κ1) is 18.2. The van der Waals surface area contributed by atoms with E-state index in [2.05, 4.69) is 22.5 Å². The van der Waals surface area contributed by atoms with Gasteiger partial charge in [-0.1, -0.05) is 52.3 Å². The van der Waals surface area contributed by atoms with Crippen LogP contribution in [0.25, 0.3) is 0 Å². The van der Waals surface area contributed by atoms with E-state index in [1.807, 2.05) is 56.3 Å². The standard InChI is InChI=1S/C16H15BrO2.C3H6/c1-12(17)16(18)14-7-9-15(10-8-14)19-11-13-5-3-2-4-6-13;1-3-2/h2-10,12H,11H2,1H3;3H,1H2,2H3. The zero-order valence-corrected chi connectivity index (χ0v) is 14.5. The Morgan fingerprint density at radius 2 is 1.73 bits per heavy atom. The number of ketones is 1. The highest BCUT2D eigenvalue weighted by Crippen LogP contribution is 2.16. The molecule has 0 bridgehead atoms. The van der Waals surface area contributed by atoms with Crippen LogP contribution < -0.4 is 4.74 Å². The van der Waals surface area contributed by atoms with Crippen LogP contribution in [0.3, 0.4) is 0 Å². The average molecular weight is 361 g/mol. The van der Waals surface area contributed by atoms with Gasteiger partial charge in [-0.2, -0.15) is 0 Å². The van der Waals surface area contributed by atoms with Crippen LogP contribution in [0.1, 0.15) is 29.8 Å². The van der Waals surface area contributed by atoms with Crippen LogP contribution in [0, 0.1) is 0 Å². The molecule has 0 fully saturated rings. The Morgan fingerprint density at radius 1 is 1.18 bits per heavy atom. The van der Waals surface area contributed by atoms with Crippen molar-refractivity contribution in [2.45, 2.75) is 25.3 Å². The average Bonchev–Trinajstić information content (AvgIpc) is 2.54. The molecule has 0 saturated heterocycles. The molecule has 0 aliphatic heterocycles. The van der Waals surface area contributed by atoms with Gasteiger partial charge in [0, 0.05) is 5.56 Å². The molecular weight excluding hydrogens is 340 g/mol. The molecule has 3 heteroatoms. The van der Waals surface area contributed by atoms with Gasteiger partial charge in [-0.15, -0.1) is 6.58 Å². The molecule has 0 aliphatic rings. The Balaban J connectivity index is 0.000000745. The predicted molar refractivity (Wildman–Crippen MR) is 95.8 cm³/mol. The Morgan fingerprint density at radius 3 is 2.23 bits per heavy atom. The highest BCUT2D eigenvalue weighted by atomic mass is 79.9. The molecule has 0 N–H and O–H groups in total. The summed E-state index contributed by atoms with van der Waals surface area (Å²) in [5.74, 6) is 0.845. The van der Waals surface area contributed by atoms with Gasteiger partial charge in [0.2, 0.25) is 0 Å². The van der Waals surface area contributed by atoms with Gasteiger partial charge in [0.05, 0.1) is 4.83 Å². The lowest BCUT2D eigenvalue weighted by atomic mass is 10.1. The number of carbonyl (C=O) groups is 1. The van der Waals surface area contributed by atoms with Gasteiger partial charge in [0.1, 0.15) is 12.4 Å². The van der Waals surface area contributed by atoms with Crippen molar-refractivity contribution in [3.8, 4) is 5.75 Å². The van der Waals surface area contributed by atoms with Crippen LogP contribution in [0.5, 0.6) is 5.75 Å². The van der Waals surface area contributed by atoms with Crippen LogP contribution in [0.15, 0.2) is 67.3 Å². The van der Waals surface area contributed by atoms with Crippen LogP contribution in [0.4, 0.5) is 0 Å². The van der Waals surface area contributed by atoms with E-state index in [0.717, 1.165) is 11.3 Å².